The Bertz CT molecular complexity index is 440. The summed E-state index contributed by atoms with van der Waals surface area (Å²) in [5.74, 6) is 1.15. The van der Waals surface area contributed by atoms with E-state index in [1.54, 1.807) is 0 Å². The molecule has 1 aromatic rings. The van der Waals surface area contributed by atoms with Crippen molar-refractivity contribution >= 4 is 11.7 Å². The van der Waals surface area contributed by atoms with Crippen LogP contribution in [-0.4, -0.2) is 53.9 Å². The van der Waals surface area contributed by atoms with E-state index < -0.39 is 0 Å². The zero-order chi connectivity index (χ0) is 15.1. The van der Waals surface area contributed by atoms with Crippen LogP contribution >= 0.6 is 0 Å². The molecule has 1 fully saturated rings. The van der Waals surface area contributed by atoms with Gasteiger partial charge in [-0.05, 0) is 37.9 Å². The number of likely N-dealkylation sites (tertiary alicyclic amines) is 1. The van der Waals surface area contributed by atoms with Gasteiger partial charge in [0.25, 0.3) is 0 Å². The van der Waals surface area contributed by atoms with Crippen molar-refractivity contribution in [1.29, 1.82) is 0 Å². The molecule has 0 aliphatic carbocycles. The number of hydrogen-bond donors (Lipinski definition) is 1. The molecule has 0 spiro atoms. The Hall–Kier alpha value is -1.62. The van der Waals surface area contributed by atoms with Crippen molar-refractivity contribution < 1.29 is 4.79 Å². The molecule has 1 N–H and O–H groups in total. The van der Waals surface area contributed by atoms with E-state index in [9.17, 15) is 4.79 Å². The molecule has 0 aromatic carbocycles. The van der Waals surface area contributed by atoms with Crippen LogP contribution in [0.1, 0.15) is 31.7 Å². The van der Waals surface area contributed by atoms with E-state index in [-0.39, 0.29) is 5.91 Å². The smallest absolute Gasteiger partial charge is 0.236 e. The van der Waals surface area contributed by atoms with Crippen molar-refractivity contribution in [2.24, 2.45) is 0 Å². The number of amides is 1. The number of nitrogens with zero attached hydrogens (tertiary/aromatic N) is 3. The third kappa shape index (κ3) is 5.01. The number of hydrogen-bond acceptors (Lipinski definition) is 4. The predicted octanol–water partition coefficient (Wildman–Crippen LogP) is 1.96. The van der Waals surface area contributed by atoms with Crippen molar-refractivity contribution in [3.63, 3.8) is 0 Å². The lowest BCUT2D eigenvalue weighted by Crippen LogP contribution is -2.36. The van der Waals surface area contributed by atoms with E-state index in [0.717, 1.165) is 56.8 Å². The maximum Gasteiger partial charge on any atom is 0.236 e. The monoisotopic (exact) mass is 290 g/mol. The van der Waals surface area contributed by atoms with Crippen LogP contribution in [0.15, 0.2) is 18.3 Å². The fourth-order valence-corrected chi connectivity index (χ4v) is 2.54. The second kappa shape index (κ2) is 7.98. The number of anilines is 1. The molecule has 1 saturated heterocycles. The fraction of sp³-hybridized carbons (Fsp3) is 0.625. The molecule has 2 heterocycles. The number of likely N-dealkylation sites (N-methyl/N-ethyl adjacent to an activating group) is 1. The molecule has 116 valence electrons. The van der Waals surface area contributed by atoms with Crippen LogP contribution in [0.4, 0.5) is 5.82 Å². The average Bonchev–Trinajstić information content (AvgIpc) is 3.01. The molecule has 1 amide bonds. The summed E-state index contributed by atoms with van der Waals surface area (Å²) in [5, 5.41) is 3.26. The van der Waals surface area contributed by atoms with Crippen LogP contribution in [0.3, 0.4) is 0 Å². The Morgan fingerprint density at radius 2 is 2.14 bits per heavy atom. The third-order valence-corrected chi connectivity index (χ3v) is 3.70. The Morgan fingerprint density at radius 1 is 1.38 bits per heavy atom. The van der Waals surface area contributed by atoms with Crippen molar-refractivity contribution in [3.8, 4) is 0 Å². The number of carbonyl (C=O) groups is 1. The molecule has 1 aliphatic rings. The number of pyridine rings is 1. The Morgan fingerprint density at radius 3 is 2.76 bits per heavy atom. The summed E-state index contributed by atoms with van der Waals surface area (Å²) < 4.78 is 0. The van der Waals surface area contributed by atoms with Crippen molar-refractivity contribution in [2.75, 3.05) is 38.5 Å². The number of aromatic nitrogens is 1. The maximum absolute atomic E-state index is 12.1. The molecule has 0 atom stereocenters. The van der Waals surface area contributed by atoms with Gasteiger partial charge in [-0.2, -0.15) is 0 Å². The summed E-state index contributed by atoms with van der Waals surface area (Å²) in [4.78, 5) is 20.5. The molecule has 1 aliphatic heterocycles. The number of carbonyl (C=O) groups excluding carboxylic acids is 1. The van der Waals surface area contributed by atoms with Gasteiger partial charge in [-0.15, -0.1) is 0 Å². The molecule has 2 rings (SSSR count). The minimum Gasteiger partial charge on any atom is -0.370 e. The van der Waals surface area contributed by atoms with E-state index in [4.69, 9.17) is 0 Å². The molecule has 0 radical (unpaired) electrons. The zero-order valence-electron chi connectivity index (χ0n) is 13.1. The number of nitrogens with one attached hydrogen (secondary N) is 1. The molecule has 0 saturated carbocycles. The summed E-state index contributed by atoms with van der Waals surface area (Å²) in [7, 11) is 1.98. The summed E-state index contributed by atoms with van der Waals surface area (Å²) in [6, 6.07) is 4.07. The van der Waals surface area contributed by atoms with Crippen LogP contribution in [0.5, 0.6) is 0 Å². The van der Waals surface area contributed by atoms with Gasteiger partial charge in [0.05, 0.1) is 6.54 Å². The average molecular weight is 290 g/mol. The molecule has 21 heavy (non-hydrogen) atoms. The van der Waals surface area contributed by atoms with E-state index in [1.165, 1.54) is 0 Å². The maximum atomic E-state index is 12.1. The van der Waals surface area contributed by atoms with Crippen LogP contribution in [-0.2, 0) is 11.3 Å². The van der Waals surface area contributed by atoms with Gasteiger partial charge in [0, 0.05) is 32.4 Å². The Labute approximate surface area is 127 Å². The van der Waals surface area contributed by atoms with Crippen molar-refractivity contribution in [1.82, 2.24) is 14.8 Å². The van der Waals surface area contributed by atoms with Gasteiger partial charge >= 0.3 is 0 Å². The summed E-state index contributed by atoms with van der Waals surface area (Å²) in [6.07, 6.45) is 5.26. The highest BCUT2D eigenvalue weighted by Crippen LogP contribution is 2.10. The van der Waals surface area contributed by atoms with Crippen LogP contribution in [0.25, 0.3) is 0 Å². The molecule has 5 nitrogen and oxygen atoms in total. The zero-order valence-corrected chi connectivity index (χ0v) is 13.1. The molecular weight excluding hydrogens is 264 g/mol. The predicted molar refractivity (Wildman–Crippen MR) is 85.2 cm³/mol. The summed E-state index contributed by atoms with van der Waals surface area (Å²) >= 11 is 0. The first-order valence-electron chi connectivity index (χ1n) is 7.84. The van der Waals surface area contributed by atoms with Crippen LogP contribution < -0.4 is 5.32 Å². The molecular formula is C16H26N4O. The highest BCUT2D eigenvalue weighted by Gasteiger charge is 2.18. The second-order valence-electron chi connectivity index (χ2n) is 5.74. The van der Waals surface area contributed by atoms with E-state index in [2.05, 4.69) is 28.2 Å². The van der Waals surface area contributed by atoms with E-state index in [1.807, 2.05) is 24.2 Å². The first-order chi connectivity index (χ1) is 10.2. The van der Waals surface area contributed by atoms with Crippen LogP contribution in [0, 0.1) is 0 Å². The van der Waals surface area contributed by atoms with Crippen molar-refractivity contribution in [3.05, 3.63) is 23.9 Å². The first-order valence-corrected chi connectivity index (χ1v) is 7.84. The largest absolute Gasteiger partial charge is 0.370 e. The Kier molecular flexibility index (Phi) is 5.99. The van der Waals surface area contributed by atoms with Crippen molar-refractivity contribution in [2.45, 2.75) is 32.7 Å². The normalized spacial score (nSPS) is 14.7. The lowest BCUT2D eigenvalue weighted by atomic mass is 10.2. The first kappa shape index (κ1) is 15.8. The molecule has 5 heteroatoms. The lowest BCUT2D eigenvalue weighted by molar-refractivity contribution is -0.131. The third-order valence-electron chi connectivity index (χ3n) is 3.70. The van der Waals surface area contributed by atoms with Gasteiger partial charge in [0.15, 0.2) is 0 Å². The summed E-state index contributed by atoms with van der Waals surface area (Å²) in [6.45, 7) is 6.15. The van der Waals surface area contributed by atoms with Gasteiger partial charge in [-0.3, -0.25) is 9.69 Å². The summed E-state index contributed by atoms with van der Waals surface area (Å²) in [5.41, 5.74) is 1.13. The second-order valence-corrected chi connectivity index (χ2v) is 5.74. The van der Waals surface area contributed by atoms with Gasteiger partial charge in [0.1, 0.15) is 5.82 Å². The minimum atomic E-state index is 0.240. The molecule has 0 unspecified atom stereocenters. The molecule has 1 aromatic heterocycles. The quantitative estimate of drug-likeness (QED) is 0.834. The molecule has 0 bridgehead atoms. The fourth-order valence-electron chi connectivity index (χ4n) is 2.54. The van der Waals surface area contributed by atoms with Gasteiger partial charge < -0.3 is 10.2 Å². The lowest BCUT2D eigenvalue weighted by Gasteiger charge is -2.21. The topological polar surface area (TPSA) is 48.5 Å². The number of rotatable bonds is 7. The van der Waals surface area contributed by atoms with E-state index in [0.29, 0.717) is 6.54 Å². The van der Waals surface area contributed by atoms with Gasteiger partial charge in [0.2, 0.25) is 5.91 Å². The SMILES string of the molecule is CCCNc1ccc(CN(C)CC(=O)N2CCCC2)cn1. The standard InChI is InChI=1S/C16H26N4O/c1-3-8-17-15-7-6-14(11-18-15)12-19(2)13-16(21)20-9-4-5-10-20/h6-7,11H,3-5,8-10,12-13H2,1-2H3,(H,17,18). The van der Waals surface area contributed by atoms with Gasteiger partial charge in [-0.1, -0.05) is 13.0 Å². The van der Waals surface area contributed by atoms with E-state index >= 15 is 0 Å². The van der Waals surface area contributed by atoms with Gasteiger partial charge in [-0.25, -0.2) is 4.98 Å². The minimum absolute atomic E-state index is 0.240. The highest BCUT2D eigenvalue weighted by molar-refractivity contribution is 5.78. The van der Waals surface area contributed by atoms with Crippen LogP contribution in [0.2, 0.25) is 0 Å². The Balaban J connectivity index is 1.78. The highest BCUT2D eigenvalue weighted by atomic mass is 16.2.